The van der Waals surface area contributed by atoms with Crippen LogP contribution in [0, 0.1) is 0 Å². The Balaban J connectivity index is 2.32. The lowest BCUT2D eigenvalue weighted by molar-refractivity contribution is 0.414. The highest BCUT2D eigenvalue weighted by Crippen LogP contribution is 2.21. The molecular formula is C15H18N4O. The second-order valence-electron chi connectivity index (χ2n) is 4.50. The smallest absolute Gasteiger partial charge is 0.221 e. The zero-order valence-corrected chi connectivity index (χ0v) is 11.5. The molecule has 0 atom stereocenters. The van der Waals surface area contributed by atoms with Crippen molar-refractivity contribution in [1.29, 1.82) is 0 Å². The normalized spacial score (nSPS) is 10.2. The third kappa shape index (κ3) is 3.26. The summed E-state index contributed by atoms with van der Waals surface area (Å²) in [6.07, 6.45) is 4.94. The first kappa shape index (κ1) is 13.9. The van der Waals surface area contributed by atoms with Crippen LogP contribution >= 0.6 is 0 Å². The average molecular weight is 270 g/mol. The molecule has 0 spiro atoms. The lowest BCUT2D eigenvalue weighted by atomic mass is 10.0. The van der Waals surface area contributed by atoms with Crippen molar-refractivity contribution in [3.8, 4) is 5.75 Å². The van der Waals surface area contributed by atoms with E-state index in [1.54, 1.807) is 13.3 Å². The lowest BCUT2D eigenvalue weighted by Gasteiger charge is -2.09. The van der Waals surface area contributed by atoms with Gasteiger partial charge in [0.2, 0.25) is 5.95 Å². The maximum atomic E-state index is 5.86. The largest absolute Gasteiger partial charge is 0.497 e. The van der Waals surface area contributed by atoms with Gasteiger partial charge in [0.15, 0.2) is 0 Å². The maximum absolute atomic E-state index is 5.86. The molecular weight excluding hydrogens is 252 g/mol. The van der Waals surface area contributed by atoms with Crippen LogP contribution < -0.4 is 16.2 Å². The van der Waals surface area contributed by atoms with Gasteiger partial charge in [-0.1, -0.05) is 12.1 Å². The van der Waals surface area contributed by atoms with Crippen molar-refractivity contribution >= 4 is 11.8 Å². The molecule has 5 heteroatoms. The number of nitrogens with two attached hydrogens (primary N) is 2. The molecule has 0 radical (unpaired) electrons. The standard InChI is InChI=1S/C15H18N4O/c1-3-4-10-5-11(8-13(7-10)20-2)6-12-9-18-15(17)19-14(12)16/h3,5,7-9H,1,4,6H2,2H3,(H4,16,17,18,19). The minimum atomic E-state index is 0.184. The topological polar surface area (TPSA) is 87.0 Å². The van der Waals surface area contributed by atoms with E-state index >= 15 is 0 Å². The molecule has 0 aliphatic carbocycles. The van der Waals surface area contributed by atoms with Gasteiger partial charge in [0.05, 0.1) is 7.11 Å². The van der Waals surface area contributed by atoms with Gasteiger partial charge in [0, 0.05) is 18.2 Å². The van der Waals surface area contributed by atoms with E-state index in [-0.39, 0.29) is 5.95 Å². The molecule has 1 aromatic carbocycles. The Morgan fingerprint density at radius 3 is 2.65 bits per heavy atom. The van der Waals surface area contributed by atoms with E-state index in [9.17, 15) is 0 Å². The van der Waals surface area contributed by atoms with E-state index in [0.717, 1.165) is 28.9 Å². The molecule has 0 saturated carbocycles. The highest BCUT2D eigenvalue weighted by molar-refractivity contribution is 5.45. The molecule has 0 unspecified atom stereocenters. The van der Waals surface area contributed by atoms with E-state index in [4.69, 9.17) is 16.2 Å². The minimum Gasteiger partial charge on any atom is -0.497 e. The van der Waals surface area contributed by atoms with E-state index < -0.39 is 0 Å². The first-order valence-electron chi connectivity index (χ1n) is 6.27. The third-order valence-corrected chi connectivity index (χ3v) is 2.95. The summed E-state index contributed by atoms with van der Waals surface area (Å²) >= 11 is 0. The summed E-state index contributed by atoms with van der Waals surface area (Å²) in [4.78, 5) is 7.94. The molecule has 0 amide bonds. The summed E-state index contributed by atoms with van der Waals surface area (Å²) in [5.74, 6) is 1.41. The molecule has 2 aromatic rings. The van der Waals surface area contributed by atoms with Gasteiger partial charge in [0.25, 0.3) is 0 Å². The van der Waals surface area contributed by atoms with Crippen LogP contribution in [0.15, 0.2) is 37.1 Å². The van der Waals surface area contributed by atoms with Gasteiger partial charge in [-0.2, -0.15) is 4.98 Å². The van der Waals surface area contributed by atoms with Crippen LogP contribution in [0.1, 0.15) is 16.7 Å². The Kier molecular flexibility index (Phi) is 4.20. The van der Waals surface area contributed by atoms with Crippen LogP contribution in [0.25, 0.3) is 0 Å². The van der Waals surface area contributed by atoms with Gasteiger partial charge in [-0.3, -0.25) is 0 Å². The average Bonchev–Trinajstić information content (AvgIpc) is 2.42. The molecule has 5 nitrogen and oxygen atoms in total. The van der Waals surface area contributed by atoms with Crippen LogP contribution in [0.4, 0.5) is 11.8 Å². The zero-order valence-electron chi connectivity index (χ0n) is 11.5. The molecule has 2 rings (SSSR count). The molecule has 0 bridgehead atoms. The van der Waals surface area contributed by atoms with E-state index in [2.05, 4.69) is 22.6 Å². The number of nitrogens with zero attached hydrogens (tertiary/aromatic N) is 2. The number of benzene rings is 1. The van der Waals surface area contributed by atoms with Crippen molar-refractivity contribution in [2.24, 2.45) is 0 Å². The maximum Gasteiger partial charge on any atom is 0.221 e. The van der Waals surface area contributed by atoms with Crippen LogP contribution in [0.3, 0.4) is 0 Å². The van der Waals surface area contributed by atoms with Crippen molar-refractivity contribution in [3.63, 3.8) is 0 Å². The van der Waals surface area contributed by atoms with Crippen LogP contribution in [-0.2, 0) is 12.8 Å². The Morgan fingerprint density at radius 2 is 2.00 bits per heavy atom. The first-order valence-corrected chi connectivity index (χ1v) is 6.27. The molecule has 0 fully saturated rings. The number of nitrogen functional groups attached to an aromatic ring is 2. The molecule has 0 saturated heterocycles. The lowest BCUT2D eigenvalue weighted by Crippen LogP contribution is -2.04. The Labute approximate surface area is 118 Å². The number of aromatic nitrogens is 2. The Morgan fingerprint density at radius 1 is 1.25 bits per heavy atom. The number of rotatable bonds is 5. The SMILES string of the molecule is C=CCc1cc(Cc2cnc(N)nc2N)cc(OC)c1. The quantitative estimate of drug-likeness (QED) is 0.811. The fourth-order valence-corrected chi connectivity index (χ4v) is 2.02. The van der Waals surface area contributed by atoms with Gasteiger partial charge < -0.3 is 16.2 Å². The summed E-state index contributed by atoms with van der Waals surface area (Å²) in [7, 11) is 1.65. The summed E-state index contributed by atoms with van der Waals surface area (Å²) in [6, 6.07) is 6.07. The molecule has 104 valence electrons. The van der Waals surface area contributed by atoms with E-state index in [1.165, 1.54) is 0 Å². The second kappa shape index (κ2) is 6.06. The monoisotopic (exact) mass is 270 g/mol. The van der Waals surface area contributed by atoms with Crippen molar-refractivity contribution in [1.82, 2.24) is 9.97 Å². The van der Waals surface area contributed by atoms with Crippen molar-refractivity contribution in [3.05, 3.63) is 53.7 Å². The van der Waals surface area contributed by atoms with E-state index in [1.807, 2.05) is 18.2 Å². The number of anilines is 2. The summed E-state index contributed by atoms with van der Waals surface area (Å²) < 4.78 is 5.31. The van der Waals surface area contributed by atoms with Gasteiger partial charge >= 0.3 is 0 Å². The predicted octanol–water partition coefficient (Wildman–Crippen LogP) is 1.97. The number of hydrogen-bond donors (Lipinski definition) is 2. The van der Waals surface area contributed by atoms with E-state index in [0.29, 0.717) is 12.2 Å². The Bertz CT molecular complexity index is 625. The molecule has 20 heavy (non-hydrogen) atoms. The predicted molar refractivity (Wildman–Crippen MR) is 80.6 cm³/mol. The van der Waals surface area contributed by atoms with Crippen molar-refractivity contribution in [2.45, 2.75) is 12.8 Å². The molecule has 4 N–H and O–H groups in total. The van der Waals surface area contributed by atoms with Crippen LogP contribution in [-0.4, -0.2) is 17.1 Å². The van der Waals surface area contributed by atoms with Gasteiger partial charge in [0.1, 0.15) is 11.6 Å². The summed E-state index contributed by atoms with van der Waals surface area (Å²) in [6.45, 7) is 3.75. The van der Waals surface area contributed by atoms with Gasteiger partial charge in [-0.15, -0.1) is 6.58 Å². The Hall–Kier alpha value is -2.56. The summed E-state index contributed by atoms with van der Waals surface area (Å²) in [5.41, 5.74) is 14.4. The highest BCUT2D eigenvalue weighted by Gasteiger charge is 2.06. The van der Waals surface area contributed by atoms with Crippen LogP contribution in [0.2, 0.25) is 0 Å². The van der Waals surface area contributed by atoms with Crippen molar-refractivity contribution < 1.29 is 4.74 Å². The zero-order chi connectivity index (χ0) is 14.5. The molecule has 1 heterocycles. The number of methoxy groups -OCH3 is 1. The fraction of sp³-hybridized carbons (Fsp3) is 0.200. The number of allylic oxidation sites excluding steroid dienone is 1. The fourth-order valence-electron chi connectivity index (χ4n) is 2.02. The van der Waals surface area contributed by atoms with Gasteiger partial charge in [-0.25, -0.2) is 4.98 Å². The third-order valence-electron chi connectivity index (χ3n) is 2.95. The molecule has 1 aromatic heterocycles. The highest BCUT2D eigenvalue weighted by atomic mass is 16.5. The first-order chi connectivity index (χ1) is 9.62. The van der Waals surface area contributed by atoms with Crippen LogP contribution in [0.5, 0.6) is 5.75 Å². The summed E-state index contributed by atoms with van der Waals surface area (Å²) in [5, 5.41) is 0. The molecule has 0 aliphatic rings. The van der Waals surface area contributed by atoms with Crippen molar-refractivity contribution in [2.75, 3.05) is 18.6 Å². The van der Waals surface area contributed by atoms with Gasteiger partial charge in [-0.05, 0) is 29.7 Å². The second-order valence-corrected chi connectivity index (χ2v) is 4.50. The number of hydrogen-bond acceptors (Lipinski definition) is 5. The number of ether oxygens (including phenoxy) is 1. The molecule has 0 aliphatic heterocycles. The minimum absolute atomic E-state index is 0.184.